The molecule has 4 aliphatic rings. The molecule has 1 saturated carbocycles. The number of ketones is 2. The number of fused-ring (bicyclic) bond motifs is 3. The summed E-state index contributed by atoms with van der Waals surface area (Å²) in [5.74, 6) is 0.955. The number of nitrogens with one attached hydrogen (secondary N) is 2. The summed E-state index contributed by atoms with van der Waals surface area (Å²) in [5, 5.41) is 39.4. The fourth-order valence-electron chi connectivity index (χ4n) is 13.2. The molecule has 13 nitrogen and oxygen atoms in total. The summed E-state index contributed by atoms with van der Waals surface area (Å²) in [6, 6.07) is 31.2. The molecule has 0 unspecified atom stereocenters. The van der Waals surface area contributed by atoms with E-state index >= 15 is 4.79 Å². The lowest BCUT2D eigenvalue weighted by atomic mass is 9.66. The van der Waals surface area contributed by atoms with E-state index in [0.29, 0.717) is 62.9 Å². The fraction of sp³-hybridized carbons (Fsp3) is 0.329. The highest BCUT2D eigenvalue weighted by molar-refractivity contribution is 5.95. The van der Waals surface area contributed by atoms with Crippen molar-refractivity contribution in [2.24, 2.45) is 17.3 Å². The van der Waals surface area contributed by atoms with Crippen LogP contribution in [-0.4, -0.2) is 68.7 Å². The molecule has 0 amide bonds. The third-order valence-corrected chi connectivity index (χ3v) is 17.6. The Kier molecular flexibility index (Phi) is 16.8. The second-order valence-corrected chi connectivity index (χ2v) is 23.2. The van der Waals surface area contributed by atoms with E-state index in [0.717, 1.165) is 81.4 Å². The zero-order valence-corrected chi connectivity index (χ0v) is 47.6. The molecule has 0 saturated heterocycles. The molecular weight excluding hydrogens is 1040 g/mol. The Hall–Kier alpha value is -8.71. The third kappa shape index (κ3) is 12.8. The number of ether oxygens (including phenoxy) is 3. The molecule has 1 fully saturated rings. The molecule has 5 N–H and O–H groups in total. The molecule has 2 aromatic heterocycles. The standard InChI is InChI=1S/C70H74N4O9/c1-45-13-9-10-25-70(45)26-22-59(82-46(2)75)37-58(78)39-64(53-34-66(80)69(67(35-53)81-3)83-60-31-48(30-57(77)38-60)29-47-14-5-4-6-15-47)73-43-52-19-12-21-63(62(52)44-73)74(28-24-65(79)49-16-7-8-17-49)68-36-51(23-27-72-68)61(50-18-11-20-56(76)32-50)33-54-41-71-42-55(54)40-70/h4-6,9-15,18-21,23,25,30-32,34-36,38,41-45,49,59,61,64,71-72,76-77,80H,7-8,16-17,22,24,26-29,33,37,39-40H2,1-3H3/t45-,59+,61-,64-,70-/m0/s1. The number of aromatic nitrogens is 2. The second kappa shape index (κ2) is 24.8. The topological polar surface area (TPSA) is 176 Å². The monoisotopic (exact) mass is 1110 g/mol. The maximum atomic E-state index is 15.0. The summed E-state index contributed by atoms with van der Waals surface area (Å²) < 4.78 is 20.5. The number of hydrogen-bond donors (Lipinski definition) is 5. The normalized spacial score (nSPS) is 21.4. The van der Waals surface area contributed by atoms with Crippen LogP contribution >= 0.6 is 0 Å². The molecule has 5 aromatic carbocycles. The summed E-state index contributed by atoms with van der Waals surface area (Å²) in [5.41, 5.74) is 7.23. The van der Waals surface area contributed by atoms with E-state index in [2.05, 4.69) is 83.1 Å². The van der Waals surface area contributed by atoms with Crippen LogP contribution in [0.4, 0.5) is 5.69 Å². The Labute approximate surface area is 485 Å². The van der Waals surface area contributed by atoms with Crippen LogP contribution in [0.15, 0.2) is 176 Å². The van der Waals surface area contributed by atoms with Crippen molar-refractivity contribution in [3.05, 3.63) is 209 Å². The second-order valence-electron chi connectivity index (χ2n) is 23.2. The fourth-order valence-corrected chi connectivity index (χ4v) is 13.2. The average Bonchev–Trinajstić information content (AvgIpc) is 4.35. The molecule has 428 valence electrons. The van der Waals surface area contributed by atoms with Crippen molar-refractivity contribution < 1.29 is 43.9 Å². The van der Waals surface area contributed by atoms with E-state index in [-0.39, 0.29) is 70.9 Å². The predicted molar refractivity (Wildman–Crippen MR) is 323 cm³/mol. The lowest BCUT2D eigenvalue weighted by Crippen LogP contribution is -2.36. The number of esters is 1. The third-order valence-electron chi connectivity index (χ3n) is 17.6. The highest BCUT2D eigenvalue weighted by Gasteiger charge is 2.37. The van der Waals surface area contributed by atoms with Crippen molar-refractivity contribution in [2.75, 3.05) is 25.1 Å². The molecule has 5 atom stereocenters. The summed E-state index contributed by atoms with van der Waals surface area (Å²) in [7, 11) is 1.49. The van der Waals surface area contributed by atoms with Crippen molar-refractivity contribution in [2.45, 2.75) is 109 Å². The van der Waals surface area contributed by atoms with E-state index < -0.39 is 23.5 Å². The van der Waals surface area contributed by atoms with Gasteiger partial charge in [0.25, 0.3) is 0 Å². The number of Topliss-reactive ketones (excluding diaryl/α,β-unsaturated/α-hetero) is 2. The van der Waals surface area contributed by atoms with Gasteiger partial charge in [-0.2, -0.15) is 0 Å². The van der Waals surface area contributed by atoms with Gasteiger partial charge in [0.05, 0.1) is 18.8 Å². The molecule has 1 spiro atoms. The Morgan fingerprint density at radius 2 is 1.63 bits per heavy atom. The van der Waals surface area contributed by atoms with E-state index in [4.69, 9.17) is 14.2 Å². The molecule has 0 radical (unpaired) electrons. The Balaban J connectivity index is 1.04. The maximum absolute atomic E-state index is 15.0. The zero-order chi connectivity index (χ0) is 57.6. The number of nitrogens with zero attached hydrogens (tertiary/aromatic N) is 2. The van der Waals surface area contributed by atoms with Gasteiger partial charge in [-0.15, -0.1) is 0 Å². The number of methoxy groups -OCH3 is 1. The first-order valence-corrected chi connectivity index (χ1v) is 29.3. The molecule has 13 heteroatoms. The van der Waals surface area contributed by atoms with Crippen LogP contribution in [0.2, 0.25) is 0 Å². The van der Waals surface area contributed by atoms with Gasteiger partial charge < -0.3 is 49.3 Å². The molecule has 2 aliphatic carbocycles. The van der Waals surface area contributed by atoms with E-state index in [1.165, 1.54) is 20.1 Å². The van der Waals surface area contributed by atoms with Gasteiger partial charge in [0.2, 0.25) is 5.75 Å². The van der Waals surface area contributed by atoms with Crippen LogP contribution < -0.4 is 19.7 Å². The van der Waals surface area contributed by atoms with Crippen LogP contribution in [0.5, 0.6) is 34.5 Å². The van der Waals surface area contributed by atoms with Gasteiger partial charge in [-0.1, -0.05) is 105 Å². The number of carbonyl (C=O) groups excluding carboxylic acids is 3. The number of anilines is 1. The van der Waals surface area contributed by atoms with Gasteiger partial charge >= 0.3 is 5.97 Å². The van der Waals surface area contributed by atoms with Crippen LogP contribution in [-0.2, 0) is 38.4 Å². The molecule has 7 aromatic rings. The van der Waals surface area contributed by atoms with Crippen molar-refractivity contribution >= 4 is 34.0 Å². The number of H-pyrrole nitrogens is 1. The van der Waals surface area contributed by atoms with Gasteiger partial charge in [0.15, 0.2) is 11.5 Å². The minimum Gasteiger partial charge on any atom is -0.508 e. The predicted octanol–water partition coefficient (Wildman–Crippen LogP) is 13.8. The van der Waals surface area contributed by atoms with Crippen molar-refractivity contribution in [1.82, 2.24) is 14.9 Å². The number of phenolic OH excluding ortho intramolecular Hbond substituents is 3. The molecule has 4 bridgehead atoms. The molecule has 83 heavy (non-hydrogen) atoms. The number of hydrogen-bond acceptors (Lipinski definition) is 11. The highest BCUT2D eigenvalue weighted by atomic mass is 16.5. The number of carbonyl (C=O) groups is 3. The SMILES string of the molecule is COc1cc([C@@H]2CC(=O)C[C@H](OC(C)=O)CC[C@@]3(C=CC=C[C@@H]3C)Cc3c[nH]cc3C[C@@H](c3cccc(O)c3)C3=CCNC(=C3)N(CCC(=O)C3CCCC3)c3cccc4cn2cc34)cc(O)c1Oc1cc(O)cc(Cc2ccccc2)c1. The van der Waals surface area contributed by atoms with Gasteiger partial charge in [-0.3, -0.25) is 14.4 Å². The molecule has 2 aliphatic heterocycles. The number of benzene rings is 5. The Morgan fingerprint density at radius 3 is 2.42 bits per heavy atom. The zero-order valence-electron chi connectivity index (χ0n) is 47.6. The quantitative estimate of drug-likeness (QED) is 0.0736. The number of rotatable bonds is 12. The van der Waals surface area contributed by atoms with Crippen LogP contribution in [0, 0.1) is 17.3 Å². The van der Waals surface area contributed by atoms with Crippen molar-refractivity contribution in [3.63, 3.8) is 0 Å². The van der Waals surface area contributed by atoms with Gasteiger partial charge in [0.1, 0.15) is 40.7 Å². The highest BCUT2D eigenvalue weighted by Crippen LogP contribution is 2.47. The Bertz CT molecular complexity index is 3640. The van der Waals surface area contributed by atoms with E-state index in [1.807, 2.05) is 77.6 Å². The number of allylic oxidation sites excluding steroid dienone is 6. The minimum absolute atomic E-state index is 0.00222. The number of aromatic amines is 1. The molecule has 4 heterocycles. The smallest absolute Gasteiger partial charge is 0.302 e. The number of dihydropyridines is 1. The molecule has 11 rings (SSSR count). The number of phenols is 3. The molecular formula is C70H74N4O9. The summed E-state index contributed by atoms with van der Waals surface area (Å²) in [6.07, 6.45) is 27.7. The van der Waals surface area contributed by atoms with E-state index in [1.54, 1.807) is 24.3 Å². The largest absolute Gasteiger partial charge is 0.508 e. The van der Waals surface area contributed by atoms with Crippen LogP contribution in [0.25, 0.3) is 10.8 Å². The van der Waals surface area contributed by atoms with Crippen LogP contribution in [0.3, 0.4) is 0 Å². The first-order valence-electron chi connectivity index (χ1n) is 29.3. The number of aromatic hydroxyl groups is 3. The van der Waals surface area contributed by atoms with Crippen molar-refractivity contribution in [3.8, 4) is 34.5 Å². The first kappa shape index (κ1) is 56.2. The lowest BCUT2D eigenvalue weighted by molar-refractivity contribution is -0.148. The van der Waals surface area contributed by atoms with E-state index in [9.17, 15) is 24.9 Å². The van der Waals surface area contributed by atoms with Gasteiger partial charge in [-0.05, 0) is 144 Å². The Morgan fingerprint density at radius 1 is 0.807 bits per heavy atom. The van der Waals surface area contributed by atoms with Crippen molar-refractivity contribution in [1.29, 1.82) is 0 Å². The summed E-state index contributed by atoms with van der Waals surface area (Å²) in [4.78, 5) is 47.8. The van der Waals surface area contributed by atoms with Crippen LogP contribution in [0.1, 0.15) is 117 Å². The summed E-state index contributed by atoms with van der Waals surface area (Å²) >= 11 is 0. The van der Waals surface area contributed by atoms with Gasteiger partial charge in [-0.25, -0.2) is 0 Å². The minimum atomic E-state index is -0.728. The maximum Gasteiger partial charge on any atom is 0.302 e. The van der Waals surface area contributed by atoms with Gasteiger partial charge in [0, 0.05) is 92.7 Å². The average molecular weight is 1120 g/mol. The summed E-state index contributed by atoms with van der Waals surface area (Å²) in [6.45, 7) is 4.54. The lowest BCUT2D eigenvalue weighted by Gasteiger charge is -2.38. The first-order chi connectivity index (χ1) is 40.3.